The monoisotopic (exact) mass is 285 g/mol. The van der Waals surface area contributed by atoms with Crippen LogP contribution in [0.4, 0.5) is 10.1 Å². The summed E-state index contributed by atoms with van der Waals surface area (Å²) in [6.45, 7) is 2.47. The maximum atomic E-state index is 12.8. The summed E-state index contributed by atoms with van der Waals surface area (Å²) in [7, 11) is 0. The second kappa shape index (κ2) is 7.24. The predicted molar refractivity (Wildman–Crippen MR) is 81.7 cm³/mol. The zero-order valence-electron chi connectivity index (χ0n) is 11.7. The van der Waals surface area contributed by atoms with E-state index in [9.17, 15) is 9.18 Å². The minimum Gasteiger partial charge on any atom is -0.494 e. The molecule has 21 heavy (non-hydrogen) atoms. The Bertz CT molecular complexity index is 635. The van der Waals surface area contributed by atoms with Gasteiger partial charge >= 0.3 is 0 Å². The number of carbonyl (C=O) groups is 1. The molecule has 0 spiro atoms. The zero-order valence-corrected chi connectivity index (χ0v) is 11.7. The van der Waals surface area contributed by atoms with Crippen LogP contribution >= 0.6 is 0 Å². The van der Waals surface area contributed by atoms with Gasteiger partial charge in [0, 0.05) is 17.8 Å². The van der Waals surface area contributed by atoms with Gasteiger partial charge in [0.05, 0.1) is 6.61 Å². The van der Waals surface area contributed by atoms with Crippen LogP contribution in [0.2, 0.25) is 0 Å². The maximum absolute atomic E-state index is 12.8. The van der Waals surface area contributed by atoms with E-state index in [0.29, 0.717) is 18.0 Å². The van der Waals surface area contributed by atoms with Crippen LogP contribution in [-0.2, 0) is 4.79 Å². The number of ether oxygens (including phenoxy) is 1. The average molecular weight is 285 g/mol. The molecule has 108 valence electrons. The molecule has 0 saturated heterocycles. The molecule has 1 amide bonds. The topological polar surface area (TPSA) is 38.3 Å². The summed E-state index contributed by atoms with van der Waals surface area (Å²) in [5.74, 6) is 0.148. The van der Waals surface area contributed by atoms with Crippen LogP contribution in [0.25, 0.3) is 6.08 Å². The molecule has 2 aromatic rings. The van der Waals surface area contributed by atoms with Crippen LogP contribution in [0.1, 0.15) is 12.5 Å². The number of hydrogen-bond donors (Lipinski definition) is 1. The largest absolute Gasteiger partial charge is 0.494 e. The van der Waals surface area contributed by atoms with Crippen molar-refractivity contribution in [1.29, 1.82) is 0 Å². The first-order chi connectivity index (χ1) is 10.2. The van der Waals surface area contributed by atoms with Gasteiger partial charge < -0.3 is 10.1 Å². The van der Waals surface area contributed by atoms with Crippen molar-refractivity contribution in [1.82, 2.24) is 0 Å². The molecule has 0 aliphatic rings. The van der Waals surface area contributed by atoms with Crippen molar-refractivity contribution >= 4 is 17.7 Å². The number of nitrogens with one attached hydrogen (secondary N) is 1. The van der Waals surface area contributed by atoms with Crippen LogP contribution in [-0.4, -0.2) is 12.5 Å². The van der Waals surface area contributed by atoms with Gasteiger partial charge in [-0.25, -0.2) is 4.39 Å². The maximum Gasteiger partial charge on any atom is 0.248 e. The molecule has 0 aliphatic carbocycles. The van der Waals surface area contributed by atoms with Gasteiger partial charge in [0.25, 0.3) is 0 Å². The fraction of sp³-hybridized carbons (Fsp3) is 0.118. The Hall–Kier alpha value is -2.62. The smallest absolute Gasteiger partial charge is 0.248 e. The molecular formula is C17H16FNO2. The molecule has 3 nitrogen and oxygen atoms in total. The Labute approximate surface area is 123 Å². The van der Waals surface area contributed by atoms with Crippen LogP contribution in [0.5, 0.6) is 5.75 Å². The van der Waals surface area contributed by atoms with E-state index in [4.69, 9.17) is 4.74 Å². The van der Waals surface area contributed by atoms with Crippen molar-refractivity contribution in [3.63, 3.8) is 0 Å². The number of halogens is 1. The molecule has 4 heteroatoms. The van der Waals surface area contributed by atoms with Gasteiger partial charge in [-0.3, -0.25) is 4.79 Å². The van der Waals surface area contributed by atoms with Gasteiger partial charge in [-0.15, -0.1) is 0 Å². The lowest BCUT2D eigenvalue weighted by Crippen LogP contribution is -2.07. The second-order valence-electron chi connectivity index (χ2n) is 4.33. The van der Waals surface area contributed by atoms with E-state index >= 15 is 0 Å². The van der Waals surface area contributed by atoms with Gasteiger partial charge in [-0.1, -0.05) is 18.2 Å². The highest BCUT2D eigenvalue weighted by Gasteiger charge is 2.00. The van der Waals surface area contributed by atoms with Crippen molar-refractivity contribution in [3.8, 4) is 5.75 Å². The van der Waals surface area contributed by atoms with Crippen molar-refractivity contribution in [2.45, 2.75) is 6.92 Å². The van der Waals surface area contributed by atoms with E-state index in [2.05, 4.69) is 5.32 Å². The SMILES string of the molecule is CCOc1cccc(NC(=O)/C=C/c2ccc(F)cc2)c1. The number of benzene rings is 2. The van der Waals surface area contributed by atoms with Crippen molar-refractivity contribution in [2.24, 2.45) is 0 Å². The van der Waals surface area contributed by atoms with Gasteiger partial charge in [0.2, 0.25) is 5.91 Å². The molecule has 2 rings (SSSR count). The minimum absolute atomic E-state index is 0.257. The van der Waals surface area contributed by atoms with Crippen LogP contribution in [0.3, 0.4) is 0 Å². The Balaban J connectivity index is 1.98. The van der Waals surface area contributed by atoms with Crippen LogP contribution in [0.15, 0.2) is 54.6 Å². The third kappa shape index (κ3) is 4.76. The molecule has 0 aliphatic heterocycles. The number of amides is 1. The molecule has 0 unspecified atom stereocenters. The minimum atomic E-state index is -0.302. The first-order valence-electron chi connectivity index (χ1n) is 6.65. The molecule has 0 fully saturated rings. The normalized spacial score (nSPS) is 10.6. The van der Waals surface area contributed by atoms with E-state index < -0.39 is 0 Å². The number of rotatable bonds is 5. The Morgan fingerprint density at radius 2 is 2.00 bits per heavy atom. The highest BCUT2D eigenvalue weighted by Crippen LogP contribution is 2.17. The van der Waals surface area contributed by atoms with Gasteiger partial charge in [0.15, 0.2) is 0 Å². The summed E-state index contributed by atoms with van der Waals surface area (Å²) in [5.41, 5.74) is 1.42. The third-order valence-corrected chi connectivity index (χ3v) is 2.71. The van der Waals surface area contributed by atoms with E-state index in [1.54, 1.807) is 30.3 Å². The van der Waals surface area contributed by atoms with E-state index in [1.165, 1.54) is 18.2 Å². The average Bonchev–Trinajstić information content (AvgIpc) is 2.47. The summed E-state index contributed by atoms with van der Waals surface area (Å²) in [4.78, 5) is 11.8. The summed E-state index contributed by atoms with van der Waals surface area (Å²) in [5, 5.41) is 2.74. The quantitative estimate of drug-likeness (QED) is 0.847. The Morgan fingerprint density at radius 3 is 2.71 bits per heavy atom. The van der Waals surface area contributed by atoms with E-state index in [-0.39, 0.29) is 11.7 Å². The fourth-order valence-corrected chi connectivity index (χ4v) is 1.76. The number of hydrogen-bond acceptors (Lipinski definition) is 2. The first kappa shape index (κ1) is 14.8. The lowest BCUT2D eigenvalue weighted by Gasteiger charge is -2.06. The summed E-state index contributed by atoms with van der Waals surface area (Å²) in [6.07, 6.45) is 3.03. The molecule has 0 bridgehead atoms. The van der Waals surface area contributed by atoms with Crippen molar-refractivity contribution in [2.75, 3.05) is 11.9 Å². The van der Waals surface area contributed by atoms with Crippen molar-refractivity contribution in [3.05, 3.63) is 66.0 Å². The summed E-state index contributed by atoms with van der Waals surface area (Å²) >= 11 is 0. The molecule has 2 aromatic carbocycles. The fourth-order valence-electron chi connectivity index (χ4n) is 1.76. The lowest BCUT2D eigenvalue weighted by atomic mass is 10.2. The Morgan fingerprint density at radius 1 is 1.24 bits per heavy atom. The Kier molecular flexibility index (Phi) is 5.10. The molecule has 0 saturated carbocycles. The van der Waals surface area contributed by atoms with E-state index in [0.717, 1.165) is 5.56 Å². The second-order valence-corrected chi connectivity index (χ2v) is 4.33. The van der Waals surface area contributed by atoms with Crippen molar-refractivity contribution < 1.29 is 13.9 Å². The standard InChI is InChI=1S/C17H16FNO2/c1-2-21-16-5-3-4-15(12-16)19-17(20)11-8-13-6-9-14(18)10-7-13/h3-12H,2H2,1H3,(H,19,20)/b11-8+. The molecule has 1 N–H and O–H groups in total. The first-order valence-corrected chi connectivity index (χ1v) is 6.65. The van der Waals surface area contributed by atoms with Gasteiger partial charge in [0.1, 0.15) is 11.6 Å². The molecule has 0 radical (unpaired) electrons. The van der Waals surface area contributed by atoms with Gasteiger partial charge in [-0.05, 0) is 42.8 Å². The number of anilines is 1. The highest BCUT2D eigenvalue weighted by molar-refractivity contribution is 6.02. The summed E-state index contributed by atoms with van der Waals surface area (Å²) < 4.78 is 18.1. The molecule has 0 atom stereocenters. The molecule has 0 heterocycles. The number of carbonyl (C=O) groups excluding carboxylic acids is 1. The lowest BCUT2D eigenvalue weighted by molar-refractivity contribution is -0.111. The third-order valence-electron chi connectivity index (χ3n) is 2.71. The highest BCUT2D eigenvalue weighted by atomic mass is 19.1. The van der Waals surface area contributed by atoms with Crippen LogP contribution in [0, 0.1) is 5.82 Å². The van der Waals surface area contributed by atoms with Gasteiger partial charge in [-0.2, -0.15) is 0 Å². The van der Waals surface area contributed by atoms with Crippen LogP contribution < -0.4 is 10.1 Å². The molecule has 0 aromatic heterocycles. The van der Waals surface area contributed by atoms with E-state index in [1.807, 2.05) is 19.1 Å². The summed E-state index contributed by atoms with van der Waals surface area (Å²) in [6, 6.07) is 13.1. The molecular weight excluding hydrogens is 269 g/mol. The predicted octanol–water partition coefficient (Wildman–Crippen LogP) is 3.88. The zero-order chi connectivity index (χ0) is 15.1.